The van der Waals surface area contributed by atoms with Crippen LogP contribution in [0.5, 0.6) is 0 Å². The molecule has 0 aromatic rings. The Labute approximate surface area is 201 Å². The van der Waals surface area contributed by atoms with E-state index in [1.807, 2.05) is 0 Å². The van der Waals surface area contributed by atoms with E-state index in [1.165, 1.54) is 139 Å². The Morgan fingerprint density at radius 2 is 0.750 bits per heavy atom. The summed E-state index contributed by atoms with van der Waals surface area (Å²) in [6.07, 6.45) is 30.2. The molecule has 0 unspecified atom stereocenters. The van der Waals surface area contributed by atoms with Gasteiger partial charge in [0.2, 0.25) is 0 Å². The zero-order valence-electron chi connectivity index (χ0n) is 18.5. The van der Waals surface area contributed by atoms with Crippen molar-refractivity contribution in [3.8, 4) is 0 Å². The quantitative estimate of drug-likeness (QED) is 0.0439. The predicted molar refractivity (Wildman–Crippen MR) is 145 cm³/mol. The summed E-state index contributed by atoms with van der Waals surface area (Å²) in [5.74, 6) is 0. The van der Waals surface area contributed by atoms with Gasteiger partial charge in [-0.05, 0) is 17.3 Å². The Hall–Kier alpha value is 0.970. The minimum atomic E-state index is 0.628. The van der Waals surface area contributed by atoms with Gasteiger partial charge in [0.25, 0.3) is 0 Å². The number of nitrogens with one attached hydrogen (secondary N) is 1. The second kappa shape index (κ2) is 26.0. The Morgan fingerprint density at radius 1 is 0.500 bits per heavy atom. The molecule has 1 nitrogen and oxygen atoms in total. The summed E-state index contributed by atoms with van der Waals surface area (Å²) in [4.78, 5) is 0. The Balaban J connectivity index is 2.99. The number of hydrogen-bond donors (Lipinski definition) is 2. The summed E-state index contributed by atoms with van der Waals surface area (Å²) < 4.78 is 1.97. The van der Waals surface area contributed by atoms with Gasteiger partial charge in [0.05, 0.1) is 0 Å². The minimum absolute atomic E-state index is 0.628. The molecule has 0 saturated heterocycles. The first-order valence-corrected chi connectivity index (χ1v) is 14.7. The van der Waals surface area contributed by atoms with Crippen molar-refractivity contribution in [1.29, 1.82) is 0 Å². The molecule has 0 heterocycles. The number of thiol groups is 1. The van der Waals surface area contributed by atoms with Gasteiger partial charge in [0.15, 0.2) is 0 Å². The lowest BCUT2D eigenvalue weighted by atomic mass is 10.0. The first-order valence-electron chi connectivity index (χ1n) is 12.3. The lowest BCUT2D eigenvalue weighted by Crippen LogP contribution is -2.17. The highest BCUT2D eigenvalue weighted by Gasteiger charge is 1.96. The van der Waals surface area contributed by atoms with Gasteiger partial charge >= 0.3 is 0 Å². The molecule has 0 radical (unpaired) electrons. The molecule has 0 aliphatic rings. The summed E-state index contributed by atoms with van der Waals surface area (Å²) in [7, 11) is 0. The fourth-order valence-electron chi connectivity index (χ4n) is 3.77. The van der Waals surface area contributed by atoms with Crippen molar-refractivity contribution in [2.24, 2.45) is 0 Å². The van der Waals surface area contributed by atoms with Gasteiger partial charge < -0.3 is 5.32 Å². The lowest BCUT2D eigenvalue weighted by molar-refractivity contribution is 0.520. The Bertz CT molecular complexity index is 313. The first-order chi connectivity index (χ1) is 13.8. The molecule has 0 amide bonds. The summed E-state index contributed by atoms with van der Waals surface area (Å²) in [6.45, 7) is 0.987. The third-order valence-electron chi connectivity index (χ3n) is 5.59. The van der Waals surface area contributed by atoms with Crippen LogP contribution in [0, 0.1) is 0 Å². The number of alkyl halides is 1. The number of rotatable bonds is 23. The molecular weight excluding hydrogens is 493 g/mol. The summed E-state index contributed by atoms with van der Waals surface area (Å²) in [6, 6.07) is 0. The maximum Gasteiger partial charge on any atom is 0.130 e. The van der Waals surface area contributed by atoms with E-state index in [0.717, 1.165) is 6.54 Å². The highest BCUT2D eigenvalue weighted by Crippen LogP contribution is 2.15. The van der Waals surface area contributed by atoms with Crippen LogP contribution in [0.2, 0.25) is 0 Å². The average Bonchev–Trinajstić information content (AvgIpc) is 2.68. The topological polar surface area (TPSA) is 12.0 Å². The van der Waals surface area contributed by atoms with Crippen LogP contribution < -0.4 is 5.32 Å². The smallest absolute Gasteiger partial charge is 0.130 e. The molecule has 0 aromatic heterocycles. The third-order valence-corrected chi connectivity index (χ3v) is 6.65. The number of hydrogen-bond acceptors (Lipinski definition) is 1. The fourth-order valence-corrected chi connectivity index (χ4v) is 4.53. The van der Waals surface area contributed by atoms with Crippen LogP contribution in [0.3, 0.4) is 0 Å². The van der Waals surface area contributed by atoms with Gasteiger partial charge in [-0.2, -0.15) is 0 Å². The SMILES string of the molecule is S=C(S)NCCCCCCCCCCCCCCCCCCCCCCCI. The van der Waals surface area contributed by atoms with Gasteiger partial charge in [-0.25, -0.2) is 0 Å². The zero-order valence-corrected chi connectivity index (χ0v) is 22.4. The van der Waals surface area contributed by atoms with Crippen molar-refractivity contribution in [3.63, 3.8) is 0 Å². The molecule has 28 heavy (non-hydrogen) atoms. The van der Waals surface area contributed by atoms with Crippen molar-refractivity contribution < 1.29 is 0 Å². The number of thiocarbonyl (C=S) groups is 1. The Morgan fingerprint density at radius 3 is 1.00 bits per heavy atom. The van der Waals surface area contributed by atoms with Crippen LogP contribution in [0.25, 0.3) is 0 Å². The number of halogens is 1. The van der Waals surface area contributed by atoms with E-state index in [2.05, 4.69) is 40.5 Å². The van der Waals surface area contributed by atoms with Gasteiger partial charge in [0, 0.05) is 6.54 Å². The van der Waals surface area contributed by atoms with Gasteiger partial charge in [-0.15, -0.1) is 12.6 Å². The molecule has 1 N–H and O–H groups in total. The van der Waals surface area contributed by atoms with Crippen LogP contribution in [0.4, 0.5) is 0 Å². The largest absolute Gasteiger partial charge is 0.371 e. The molecule has 0 rings (SSSR count). The molecule has 0 bridgehead atoms. The Kier molecular flexibility index (Phi) is 26.9. The second-order valence-electron chi connectivity index (χ2n) is 8.35. The maximum absolute atomic E-state index is 4.88. The zero-order chi connectivity index (χ0) is 20.5. The summed E-state index contributed by atoms with van der Waals surface area (Å²) in [5, 5.41) is 3.10. The lowest BCUT2D eigenvalue weighted by Gasteiger charge is -2.04. The molecule has 0 spiro atoms. The van der Waals surface area contributed by atoms with E-state index in [0.29, 0.717) is 4.32 Å². The predicted octanol–water partition coefficient (Wildman–Crippen LogP) is 9.42. The van der Waals surface area contributed by atoms with Crippen molar-refractivity contribution in [1.82, 2.24) is 5.32 Å². The van der Waals surface area contributed by atoms with Gasteiger partial charge in [-0.1, -0.05) is 157 Å². The van der Waals surface area contributed by atoms with Crippen molar-refractivity contribution in [2.45, 2.75) is 135 Å². The van der Waals surface area contributed by atoms with E-state index in [1.54, 1.807) is 0 Å². The molecule has 0 saturated carbocycles. The molecule has 0 fully saturated rings. The van der Waals surface area contributed by atoms with Crippen LogP contribution in [-0.2, 0) is 0 Å². The van der Waals surface area contributed by atoms with Crippen molar-refractivity contribution in [3.05, 3.63) is 0 Å². The third kappa shape index (κ3) is 27.0. The van der Waals surface area contributed by atoms with Crippen molar-refractivity contribution >= 4 is 51.8 Å². The standard InChI is InChI=1S/C24H48INS2/c25-22-20-18-16-14-12-10-8-6-4-2-1-3-5-7-9-11-13-15-17-19-21-23-26-24(27)28/h1-23H2,(H2,26,27,28). The summed E-state index contributed by atoms with van der Waals surface area (Å²) >= 11 is 11.4. The van der Waals surface area contributed by atoms with Crippen LogP contribution in [-0.4, -0.2) is 15.3 Å². The molecular formula is C24H48INS2. The highest BCUT2D eigenvalue weighted by atomic mass is 127. The highest BCUT2D eigenvalue weighted by molar-refractivity contribution is 14.1. The van der Waals surface area contributed by atoms with Crippen LogP contribution >= 0.6 is 47.4 Å². The van der Waals surface area contributed by atoms with E-state index < -0.39 is 0 Å². The average molecular weight is 542 g/mol. The van der Waals surface area contributed by atoms with Crippen LogP contribution in [0.15, 0.2) is 0 Å². The first kappa shape index (κ1) is 29.0. The van der Waals surface area contributed by atoms with Crippen molar-refractivity contribution in [2.75, 3.05) is 11.0 Å². The molecule has 0 atom stereocenters. The van der Waals surface area contributed by atoms with E-state index in [4.69, 9.17) is 12.2 Å². The normalized spacial score (nSPS) is 11.1. The molecule has 4 heteroatoms. The monoisotopic (exact) mass is 541 g/mol. The maximum atomic E-state index is 4.88. The minimum Gasteiger partial charge on any atom is -0.371 e. The van der Waals surface area contributed by atoms with E-state index >= 15 is 0 Å². The van der Waals surface area contributed by atoms with Gasteiger partial charge in [0.1, 0.15) is 4.32 Å². The molecule has 0 aliphatic carbocycles. The molecule has 0 aromatic carbocycles. The second-order valence-corrected chi connectivity index (χ2v) is 10.6. The fraction of sp³-hybridized carbons (Fsp3) is 0.958. The number of unbranched alkanes of at least 4 members (excludes halogenated alkanes) is 20. The summed E-state index contributed by atoms with van der Waals surface area (Å²) in [5.41, 5.74) is 0. The molecule has 0 aliphatic heterocycles. The van der Waals surface area contributed by atoms with Crippen LogP contribution in [0.1, 0.15) is 135 Å². The van der Waals surface area contributed by atoms with E-state index in [9.17, 15) is 0 Å². The van der Waals surface area contributed by atoms with E-state index in [-0.39, 0.29) is 0 Å². The van der Waals surface area contributed by atoms with Gasteiger partial charge in [-0.3, -0.25) is 0 Å². The molecule has 168 valence electrons.